The summed E-state index contributed by atoms with van der Waals surface area (Å²) in [6.07, 6.45) is 1.63. The molecule has 0 fully saturated rings. The minimum Gasteiger partial charge on any atom is -0.484 e. The molecule has 1 N–H and O–H groups in total. The van der Waals surface area contributed by atoms with E-state index in [4.69, 9.17) is 16.3 Å². The van der Waals surface area contributed by atoms with Crippen molar-refractivity contribution in [1.29, 1.82) is 0 Å². The number of carbonyl (C=O) groups is 1. The molecule has 0 aliphatic rings. The first kappa shape index (κ1) is 20.2. The van der Waals surface area contributed by atoms with Gasteiger partial charge in [-0.1, -0.05) is 39.7 Å². The molecule has 0 aliphatic carbocycles. The Morgan fingerprint density at radius 1 is 1.21 bits per heavy atom. The van der Waals surface area contributed by atoms with E-state index >= 15 is 0 Å². The van der Waals surface area contributed by atoms with Gasteiger partial charge in [-0.25, -0.2) is 5.43 Å². The van der Waals surface area contributed by atoms with E-state index < -0.39 is 0 Å². The molecule has 1 amide bonds. The SMILES string of the molecule is Cc1cc(/C=N/NC(=O)COc2cccc(Br)c2)c(C)n1-c1cccc(Cl)c1. The number of benzene rings is 2. The highest BCUT2D eigenvalue weighted by atomic mass is 79.9. The quantitative estimate of drug-likeness (QED) is 0.414. The van der Waals surface area contributed by atoms with Gasteiger partial charge >= 0.3 is 0 Å². The van der Waals surface area contributed by atoms with Crippen LogP contribution < -0.4 is 10.2 Å². The van der Waals surface area contributed by atoms with Gasteiger partial charge < -0.3 is 9.30 Å². The fourth-order valence-corrected chi connectivity index (χ4v) is 3.41. The van der Waals surface area contributed by atoms with Crippen LogP contribution in [-0.2, 0) is 4.79 Å². The van der Waals surface area contributed by atoms with Crippen LogP contribution in [0.5, 0.6) is 5.75 Å². The number of carbonyl (C=O) groups excluding carboxylic acids is 1. The Hall–Kier alpha value is -2.57. The second-order valence-corrected chi connectivity index (χ2v) is 7.53. The van der Waals surface area contributed by atoms with Gasteiger partial charge in [-0.15, -0.1) is 0 Å². The zero-order valence-electron chi connectivity index (χ0n) is 15.4. The third-order valence-corrected chi connectivity index (χ3v) is 4.82. The number of rotatable bonds is 6. The Morgan fingerprint density at radius 3 is 2.75 bits per heavy atom. The number of aryl methyl sites for hydroxylation is 1. The summed E-state index contributed by atoms with van der Waals surface area (Å²) in [4.78, 5) is 11.9. The van der Waals surface area contributed by atoms with Gasteiger partial charge in [-0.3, -0.25) is 4.79 Å². The zero-order chi connectivity index (χ0) is 20.1. The van der Waals surface area contributed by atoms with Crippen molar-refractivity contribution in [2.75, 3.05) is 6.61 Å². The molecule has 0 bridgehead atoms. The fraction of sp³-hybridized carbons (Fsp3) is 0.143. The lowest BCUT2D eigenvalue weighted by molar-refractivity contribution is -0.123. The lowest BCUT2D eigenvalue weighted by Gasteiger charge is -2.09. The van der Waals surface area contributed by atoms with Gasteiger partial charge in [0.25, 0.3) is 5.91 Å². The maximum Gasteiger partial charge on any atom is 0.277 e. The van der Waals surface area contributed by atoms with Crippen molar-refractivity contribution < 1.29 is 9.53 Å². The van der Waals surface area contributed by atoms with Crippen LogP contribution in [-0.4, -0.2) is 23.3 Å². The predicted molar refractivity (Wildman–Crippen MR) is 116 cm³/mol. The van der Waals surface area contributed by atoms with Crippen LogP contribution in [0.15, 0.2) is 64.2 Å². The standard InChI is InChI=1S/C21H19BrClN3O2/c1-14-9-16(15(2)26(14)19-7-4-6-18(23)11-19)12-24-25-21(27)13-28-20-8-3-5-17(22)10-20/h3-12H,13H2,1-2H3,(H,25,27)/b24-12+. The third kappa shape index (κ3) is 5.03. The Balaban J connectivity index is 1.63. The molecule has 1 aromatic heterocycles. The molecule has 2 aromatic carbocycles. The van der Waals surface area contributed by atoms with Gasteiger partial charge in [-0.2, -0.15) is 5.10 Å². The molecule has 0 saturated heterocycles. The summed E-state index contributed by atoms with van der Waals surface area (Å²) in [5.74, 6) is 0.276. The normalized spacial score (nSPS) is 11.0. The fourth-order valence-electron chi connectivity index (χ4n) is 2.84. The lowest BCUT2D eigenvalue weighted by atomic mass is 10.2. The topological polar surface area (TPSA) is 55.6 Å². The molecule has 3 rings (SSSR count). The summed E-state index contributed by atoms with van der Waals surface area (Å²) in [6.45, 7) is 3.89. The summed E-state index contributed by atoms with van der Waals surface area (Å²) < 4.78 is 8.41. The summed E-state index contributed by atoms with van der Waals surface area (Å²) in [7, 11) is 0. The summed E-state index contributed by atoms with van der Waals surface area (Å²) in [5, 5.41) is 4.72. The van der Waals surface area contributed by atoms with Crippen molar-refractivity contribution in [3.8, 4) is 11.4 Å². The van der Waals surface area contributed by atoms with Gasteiger partial charge in [-0.05, 0) is 56.3 Å². The second kappa shape index (κ2) is 9.08. The maximum absolute atomic E-state index is 11.9. The Kier molecular flexibility index (Phi) is 6.54. The second-order valence-electron chi connectivity index (χ2n) is 6.18. The van der Waals surface area contributed by atoms with E-state index in [2.05, 4.69) is 31.0 Å². The summed E-state index contributed by atoms with van der Waals surface area (Å²) in [5.41, 5.74) is 6.42. The molecule has 0 aliphatic heterocycles. The van der Waals surface area contributed by atoms with Crippen LogP contribution in [0.1, 0.15) is 17.0 Å². The number of aromatic nitrogens is 1. The van der Waals surface area contributed by atoms with E-state index in [9.17, 15) is 4.79 Å². The van der Waals surface area contributed by atoms with E-state index in [1.54, 1.807) is 18.3 Å². The first-order valence-corrected chi connectivity index (χ1v) is 9.76. The van der Waals surface area contributed by atoms with Gasteiger partial charge in [0.05, 0.1) is 6.21 Å². The van der Waals surface area contributed by atoms with Crippen molar-refractivity contribution in [2.24, 2.45) is 5.10 Å². The van der Waals surface area contributed by atoms with E-state index in [0.29, 0.717) is 10.8 Å². The molecule has 0 spiro atoms. The van der Waals surface area contributed by atoms with Crippen molar-refractivity contribution in [3.05, 3.63) is 81.0 Å². The molecule has 28 heavy (non-hydrogen) atoms. The van der Waals surface area contributed by atoms with Crippen molar-refractivity contribution in [1.82, 2.24) is 9.99 Å². The van der Waals surface area contributed by atoms with E-state index in [0.717, 1.165) is 27.1 Å². The number of hydrazone groups is 1. The molecule has 0 radical (unpaired) electrons. The minimum atomic E-state index is -0.333. The van der Waals surface area contributed by atoms with Gasteiger partial charge in [0.1, 0.15) is 5.75 Å². The van der Waals surface area contributed by atoms with Crippen molar-refractivity contribution >= 4 is 39.7 Å². The molecule has 5 nitrogen and oxygen atoms in total. The number of nitrogens with one attached hydrogen (secondary N) is 1. The highest BCUT2D eigenvalue weighted by Crippen LogP contribution is 2.22. The van der Waals surface area contributed by atoms with Gasteiger partial charge in [0.2, 0.25) is 0 Å². The van der Waals surface area contributed by atoms with E-state index in [1.807, 2.05) is 56.3 Å². The largest absolute Gasteiger partial charge is 0.484 e. The molecule has 1 heterocycles. The smallest absolute Gasteiger partial charge is 0.277 e. The first-order valence-electron chi connectivity index (χ1n) is 8.59. The highest BCUT2D eigenvalue weighted by Gasteiger charge is 2.10. The molecular formula is C21H19BrClN3O2. The van der Waals surface area contributed by atoms with E-state index in [-0.39, 0.29) is 12.5 Å². The van der Waals surface area contributed by atoms with Gasteiger partial charge in [0.15, 0.2) is 6.61 Å². The van der Waals surface area contributed by atoms with Crippen LogP contribution in [0.3, 0.4) is 0 Å². The van der Waals surface area contributed by atoms with E-state index in [1.165, 1.54) is 0 Å². The van der Waals surface area contributed by atoms with Crippen LogP contribution in [0.4, 0.5) is 0 Å². The lowest BCUT2D eigenvalue weighted by Crippen LogP contribution is -2.24. The molecule has 0 atom stereocenters. The molecule has 7 heteroatoms. The Labute approximate surface area is 177 Å². The van der Waals surface area contributed by atoms with Gasteiger partial charge in [0, 0.05) is 32.1 Å². The van der Waals surface area contributed by atoms with Crippen molar-refractivity contribution in [2.45, 2.75) is 13.8 Å². The number of ether oxygens (including phenoxy) is 1. The van der Waals surface area contributed by atoms with Crippen molar-refractivity contribution in [3.63, 3.8) is 0 Å². The molecule has 3 aromatic rings. The minimum absolute atomic E-state index is 0.116. The summed E-state index contributed by atoms with van der Waals surface area (Å²) in [6, 6.07) is 17.0. The third-order valence-electron chi connectivity index (χ3n) is 4.10. The number of hydrogen-bond donors (Lipinski definition) is 1. The van der Waals surface area contributed by atoms with Crippen LogP contribution in [0.2, 0.25) is 5.02 Å². The Bertz CT molecular complexity index is 1030. The molecular weight excluding hydrogens is 442 g/mol. The number of halogens is 2. The first-order chi connectivity index (χ1) is 13.4. The highest BCUT2D eigenvalue weighted by molar-refractivity contribution is 9.10. The predicted octanol–water partition coefficient (Wildman–Crippen LogP) is 5.04. The zero-order valence-corrected chi connectivity index (χ0v) is 17.8. The van der Waals surface area contributed by atoms with Crippen LogP contribution >= 0.6 is 27.5 Å². The monoisotopic (exact) mass is 459 g/mol. The average Bonchev–Trinajstić information content (AvgIpc) is 2.93. The summed E-state index contributed by atoms with van der Waals surface area (Å²) >= 11 is 9.46. The Morgan fingerprint density at radius 2 is 2.00 bits per heavy atom. The van der Waals surface area contributed by atoms with Crippen LogP contribution in [0, 0.1) is 13.8 Å². The molecule has 144 valence electrons. The van der Waals surface area contributed by atoms with Crippen LogP contribution in [0.25, 0.3) is 5.69 Å². The molecule has 0 saturated carbocycles. The number of hydrogen-bond acceptors (Lipinski definition) is 3. The maximum atomic E-state index is 11.9. The number of nitrogens with zero attached hydrogens (tertiary/aromatic N) is 2. The number of amides is 1. The molecule has 0 unspecified atom stereocenters. The average molecular weight is 461 g/mol.